The van der Waals surface area contributed by atoms with Crippen molar-refractivity contribution >= 4 is 5.91 Å². The Balaban J connectivity index is 1.80. The fourth-order valence-corrected chi connectivity index (χ4v) is 2.98. The molecule has 0 bridgehead atoms. The van der Waals surface area contributed by atoms with Crippen LogP contribution in [0.3, 0.4) is 0 Å². The number of carbonyl (C=O) groups excluding carboxylic acids is 1. The maximum atomic E-state index is 12.1. The summed E-state index contributed by atoms with van der Waals surface area (Å²) in [7, 11) is 1.75. The van der Waals surface area contributed by atoms with Gasteiger partial charge in [0, 0.05) is 13.2 Å². The number of methoxy groups -OCH3 is 1. The van der Waals surface area contributed by atoms with Gasteiger partial charge >= 0.3 is 0 Å². The second-order valence-corrected chi connectivity index (χ2v) is 5.43. The molecular formula is C13H24N2O2. The van der Waals surface area contributed by atoms with Gasteiger partial charge in [-0.05, 0) is 44.6 Å². The monoisotopic (exact) mass is 240 g/mol. The van der Waals surface area contributed by atoms with E-state index in [1.807, 2.05) is 0 Å². The van der Waals surface area contributed by atoms with Gasteiger partial charge < -0.3 is 15.4 Å². The summed E-state index contributed by atoms with van der Waals surface area (Å²) in [6, 6.07) is 0.314. The lowest BCUT2D eigenvalue weighted by Gasteiger charge is -2.30. The Morgan fingerprint density at radius 3 is 2.82 bits per heavy atom. The second kappa shape index (κ2) is 5.83. The summed E-state index contributed by atoms with van der Waals surface area (Å²) >= 11 is 0. The van der Waals surface area contributed by atoms with E-state index in [0.717, 1.165) is 32.2 Å². The van der Waals surface area contributed by atoms with Crippen LogP contribution < -0.4 is 10.6 Å². The van der Waals surface area contributed by atoms with Crippen molar-refractivity contribution in [3.05, 3.63) is 0 Å². The Kier molecular flexibility index (Phi) is 4.40. The van der Waals surface area contributed by atoms with Gasteiger partial charge in [0.15, 0.2) is 0 Å². The van der Waals surface area contributed by atoms with Gasteiger partial charge in [-0.25, -0.2) is 0 Å². The molecule has 17 heavy (non-hydrogen) atoms. The van der Waals surface area contributed by atoms with Gasteiger partial charge in [0.25, 0.3) is 0 Å². The number of carbonyl (C=O) groups is 1. The summed E-state index contributed by atoms with van der Waals surface area (Å²) in [4.78, 5) is 12.1. The maximum Gasteiger partial charge on any atom is 0.237 e. The van der Waals surface area contributed by atoms with Crippen molar-refractivity contribution in [1.29, 1.82) is 0 Å². The molecule has 4 atom stereocenters. The number of ether oxygens (including phenoxy) is 1. The smallest absolute Gasteiger partial charge is 0.237 e. The first-order valence-corrected chi connectivity index (χ1v) is 6.77. The average molecular weight is 240 g/mol. The first kappa shape index (κ1) is 12.8. The minimum absolute atomic E-state index is 0.00495. The molecule has 1 aliphatic carbocycles. The topological polar surface area (TPSA) is 50.4 Å². The fraction of sp³-hybridized carbons (Fsp3) is 0.923. The van der Waals surface area contributed by atoms with Gasteiger partial charge in [0.2, 0.25) is 5.91 Å². The Hall–Kier alpha value is -0.610. The van der Waals surface area contributed by atoms with E-state index in [9.17, 15) is 4.79 Å². The summed E-state index contributed by atoms with van der Waals surface area (Å²) in [5.74, 6) is 0.627. The first-order chi connectivity index (χ1) is 8.20. The Morgan fingerprint density at radius 2 is 2.18 bits per heavy atom. The Morgan fingerprint density at radius 1 is 1.35 bits per heavy atom. The minimum Gasteiger partial charge on any atom is -0.381 e. The quantitative estimate of drug-likeness (QED) is 0.775. The van der Waals surface area contributed by atoms with Crippen molar-refractivity contribution < 1.29 is 9.53 Å². The summed E-state index contributed by atoms with van der Waals surface area (Å²) in [5, 5.41) is 6.49. The third kappa shape index (κ3) is 3.19. The lowest BCUT2D eigenvalue weighted by atomic mass is 9.92. The molecule has 1 saturated heterocycles. The lowest BCUT2D eigenvalue weighted by Crippen LogP contribution is -2.52. The number of amides is 1. The third-order valence-electron chi connectivity index (χ3n) is 4.12. The first-order valence-electron chi connectivity index (χ1n) is 6.77. The van der Waals surface area contributed by atoms with E-state index in [-0.39, 0.29) is 11.9 Å². The van der Waals surface area contributed by atoms with Gasteiger partial charge in [-0.2, -0.15) is 0 Å². The van der Waals surface area contributed by atoms with E-state index in [0.29, 0.717) is 18.1 Å². The third-order valence-corrected chi connectivity index (χ3v) is 4.12. The zero-order chi connectivity index (χ0) is 12.3. The lowest BCUT2D eigenvalue weighted by molar-refractivity contribution is -0.125. The minimum atomic E-state index is 0.00495. The van der Waals surface area contributed by atoms with Gasteiger partial charge in [0.1, 0.15) is 0 Å². The SMILES string of the molecule is COC1CCC(NC(=O)C2NCCCC2C)C1. The van der Waals surface area contributed by atoms with Crippen molar-refractivity contribution in [2.75, 3.05) is 13.7 Å². The van der Waals surface area contributed by atoms with Crippen LogP contribution in [0.4, 0.5) is 0 Å². The van der Waals surface area contributed by atoms with E-state index in [4.69, 9.17) is 4.74 Å². The van der Waals surface area contributed by atoms with Crippen LogP contribution in [-0.4, -0.2) is 37.7 Å². The van der Waals surface area contributed by atoms with Crippen LogP contribution in [0.25, 0.3) is 0 Å². The second-order valence-electron chi connectivity index (χ2n) is 5.43. The molecule has 98 valence electrons. The number of piperidine rings is 1. The summed E-state index contributed by atoms with van der Waals surface area (Å²) in [6.45, 7) is 3.12. The molecule has 2 fully saturated rings. The molecule has 0 aromatic carbocycles. The van der Waals surface area contributed by atoms with Crippen molar-refractivity contribution in [1.82, 2.24) is 10.6 Å². The molecule has 4 unspecified atom stereocenters. The fourth-order valence-electron chi connectivity index (χ4n) is 2.98. The zero-order valence-corrected chi connectivity index (χ0v) is 10.9. The van der Waals surface area contributed by atoms with Crippen LogP contribution in [0, 0.1) is 5.92 Å². The van der Waals surface area contributed by atoms with Crippen LogP contribution >= 0.6 is 0 Å². The van der Waals surface area contributed by atoms with Crippen molar-refractivity contribution in [3.8, 4) is 0 Å². The summed E-state index contributed by atoms with van der Waals surface area (Å²) in [6.07, 6.45) is 5.73. The molecule has 1 heterocycles. The van der Waals surface area contributed by atoms with Crippen LogP contribution in [0.1, 0.15) is 39.0 Å². The molecule has 1 saturated carbocycles. The van der Waals surface area contributed by atoms with Crippen molar-refractivity contribution in [2.45, 2.75) is 57.2 Å². The van der Waals surface area contributed by atoms with E-state index in [1.165, 1.54) is 6.42 Å². The van der Waals surface area contributed by atoms with Crippen molar-refractivity contribution in [2.24, 2.45) is 5.92 Å². The largest absolute Gasteiger partial charge is 0.381 e. The molecule has 0 radical (unpaired) electrons. The normalized spacial score (nSPS) is 38.0. The molecule has 0 aromatic heterocycles. The molecule has 2 aliphatic rings. The van der Waals surface area contributed by atoms with E-state index >= 15 is 0 Å². The predicted octanol–water partition coefficient (Wildman–Crippen LogP) is 1.06. The number of nitrogens with one attached hydrogen (secondary N) is 2. The number of hydrogen-bond acceptors (Lipinski definition) is 3. The Bertz CT molecular complexity index is 270. The molecule has 2 rings (SSSR count). The summed E-state index contributed by atoms with van der Waals surface area (Å²) < 4.78 is 5.32. The van der Waals surface area contributed by atoms with E-state index in [2.05, 4.69) is 17.6 Å². The molecular weight excluding hydrogens is 216 g/mol. The Labute approximate surface area is 103 Å². The highest BCUT2D eigenvalue weighted by Gasteiger charge is 2.31. The summed E-state index contributed by atoms with van der Waals surface area (Å²) in [5.41, 5.74) is 0. The maximum absolute atomic E-state index is 12.1. The predicted molar refractivity (Wildman–Crippen MR) is 66.8 cm³/mol. The molecule has 4 heteroatoms. The average Bonchev–Trinajstić information content (AvgIpc) is 2.77. The number of rotatable bonds is 3. The zero-order valence-electron chi connectivity index (χ0n) is 10.9. The van der Waals surface area contributed by atoms with E-state index < -0.39 is 0 Å². The van der Waals surface area contributed by atoms with E-state index in [1.54, 1.807) is 7.11 Å². The molecule has 4 nitrogen and oxygen atoms in total. The highest BCUT2D eigenvalue weighted by atomic mass is 16.5. The van der Waals surface area contributed by atoms with Gasteiger partial charge in [-0.1, -0.05) is 6.92 Å². The molecule has 2 N–H and O–H groups in total. The molecule has 0 aromatic rings. The van der Waals surface area contributed by atoms with Gasteiger partial charge in [-0.15, -0.1) is 0 Å². The molecule has 1 amide bonds. The number of hydrogen-bond donors (Lipinski definition) is 2. The van der Waals surface area contributed by atoms with Crippen LogP contribution in [0.5, 0.6) is 0 Å². The molecule has 0 spiro atoms. The highest BCUT2D eigenvalue weighted by Crippen LogP contribution is 2.22. The van der Waals surface area contributed by atoms with Crippen LogP contribution in [0.2, 0.25) is 0 Å². The standard InChI is InChI=1S/C13H24N2O2/c1-9-4-3-7-14-12(9)13(16)15-10-5-6-11(8-10)17-2/h9-12,14H,3-8H2,1-2H3,(H,15,16). The van der Waals surface area contributed by atoms with Gasteiger partial charge in [0.05, 0.1) is 12.1 Å². The van der Waals surface area contributed by atoms with Crippen LogP contribution in [-0.2, 0) is 9.53 Å². The highest BCUT2D eigenvalue weighted by molar-refractivity contribution is 5.82. The van der Waals surface area contributed by atoms with Crippen molar-refractivity contribution in [3.63, 3.8) is 0 Å². The van der Waals surface area contributed by atoms with Gasteiger partial charge in [-0.3, -0.25) is 4.79 Å². The van der Waals surface area contributed by atoms with Crippen LogP contribution in [0.15, 0.2) is 0 Å². The molecule has 1 aliphatic heterocycles.